The highest BCUT2D eigenvalue weighted by molar-refractivity contribution is 5.73. The van der Waals surface area contributed by atoms with Crippen LogP contribution in [0.4, 0.5) is 0 Å². The smallest absolute Gasteiger partial charge is 0.320 e. The Morgan fingerprint density at radius 2 is 2.08 bits per heavy atom. The number of rotatable bonds is 6. The van der Waals surface area contributed by atoms with Gasteiger partial charge in [0.25, 0.3) is 0 Å². The second-order valence-electron chi connectivity index (χ2n) is 3.21. The van der Waals surface area contributed by atoms with E-state index >= 15 is 0 Å². The minimum Gasteiger partial charge on any atom is -0.480 e. The number of nitrogens with one attached hydrogen (secondary N) is 1. The number of carboxylic acids is 1. The molecular formula is C8H17NO3. The number of aliphatic carboxylic acids is 1. The van der Waals surface area contributed by atoms with E-state index in [1.165, 1.54) is 0 Å². The fourth-order valence-corrected chi connectivity index (χ4v) is 0.820. The average molecular weight is 175 g/mol. The quantitative estimate of drug-likeness (QED) is 0.534. The van der Waals surface area contributed by atoms with Crippen molar-refractivity contribution in [3.05, 3.63) is 0 Å². The van der Waals surface area contributed by atoms with Crippen LogP contribution < -0.4 is 5.32 Å². The van der Waals surface area contributed by atoms with Crippen molar-refractivity contribution in [2.45, 2.75) is 26.3 Å². The molecule has 4 nitrogen and oxygen atoms in total. The number of aliphatic hydroxyl groups excluding tert-OH is 1. The van der Waals surface area contributed by atoms with Crippen LogP contribution in [0.2, 0.25) is 0 Å². The first-order chi connectivity index (χ1) is 5.57. The Bertz CT molecular complexity index is 136. The van der Waals surface area contributed by atoms with Crippen molar-refractivity contribution >= 4 is 5.97 Å². The van der Waals surface area contributed by atoms with Gasteiger partial charge in [0.05, 0.1) is 0 Å². The summed E-state index contributed by atoms with van der Waals surface area (Å²) in [5, 5.41) is 20.1. The van der Waals surface area contributed by atoms with Crippen LogP contribution in [0.3, 0.4) is 0 Å². The summed E-state index contributed by atoms with van der Waals surface area (Å²) in [7, 11) is 0. The largest absolute Gasteiger partial charge is 0.480 e. The summed E-state index contributed by atoms with van der Waals surface area (Å²) in [5.41, 5.74) is 0. The van der Waals surface area contributed by atoms with Gasteiger partial charge in [0.1, 0.15) is 6.04 Å². The van der Waals surface area contributed by atoms with E-state index in [1.807, 2.05) is 13.8 Å². The van der Waals surface area contributed by atoms with Crippen LogP contribution in [0, 0.1) is 5.92 Å². The molecule has 0 unspecified atom stereocenters. The molecule has 0 bridgehead atoms. The Morgan fingerprint density at radius 3 is 2.42 bits per heavy atom. The number of carboxylic acid groups (broad SMARTS) is 1. The average Bonchev–Trinajstić information content (AvgIpc) is 1.96. The predicted molar refractivity (Wildman–Crippen MR) is 46.0 cm³/mol. The highest BCUT2D eigenvalue weighted by Gasteiger charge is 2.15. The Hall–Kier alpha value is -0.610. The van der Waals surface area contributed by atoms with Gasteiger partial charge in [-0.05, 0) is 18.9 Å². The Labute approximate surface area is 72.6 Å². The summed E-state index contributed by atoms with van der Waals surface area (Å²) < 4.78 is 0. The molecule has 0 aliphatic carbocycles. The molecule has 72 valence electrons. The highest BCUT2D eigenvalue weighted by atomic mass is 16.4. The fraction of sp³-hybridized carbons (Fsp3) is 0.875. The lowest BCUT2D eigenvalue weighted by molar-refractivity contribution is -0.139. The number of aliphatic hydroxyl groups is 1. The summed E-state index contributed by atoms with van der Waals surface area (Å²) in [6, 6.07) is -0.614. The van der Waals surface area contributed by atoms with Crippen LogP contribution in [0.15, 0.2) is 0 Å². The molecule has 0 aliphatic heterocycles. The van der Waals surface area contributed by atoms with Crippen molar-refractivity contribution in [2.75, 3.05) is 13.2 Å². The molecule has 4 heteroatoms. The molecule has 0 heterocycles. The van der Waals surface area contributed by atoms with Crippen molar-refractivity contribution in [2.24, 2.45) is 5.92 Å². The molecule has 3 N–H and O–H groups in total. The van der Waals surface area contributed by atoms with Gasteiger partial charge in [-0.25, -0.2) is 0 Å². The molecule has 0 radical (unpaired) electrons. The molecule has 0 aliphatic rings. The molecule has 0 saturated carbocycles. The van der Waals surface area contributed by atoms with Gasteiger partial charge in [0, 0.05) is 6.61 Å². The van der Waals surface area contributed by atoms with E-state index in [9.17, 15) is 4.79 Å². The minimum absolute atomic E-state index is 0.0952. The highest BCUT2D eigenvalue weighted by Crippen LogP contribution is 1.94. The van der Waals surface area contributed by atoms with Crippen molar-refractivity contribution in [1.29, 1.82) is 0 Å². The second kappa shape index (κ2) is 5.97. The van der Waals surface area contributed by atoms with E-state index < -0.39 is 12.0 Å². The van der Waals surface area contributed by atoms with E-state index in [0.717, 1.165) is 0 Å². The van der Waals surface area contributed by atoms with Gasteiger partial charge in [-0.2, -0.15) is 0 Å². The summed E-state index contributed by atoms with van der Waals surface area (Å²) in [4.78, 5) is 10.5. The molecule has 0 rings (SSSR count). The number of hydrogen-bond acceptors (Lipinski definition) is 3. The third kappa shape index (κ3) is 5.09. The van der Waals surface area contributed by atoms with E-state index in [0.29, 0.717) is 12.5 Å². The van der Waals surface area contributed by atoms with Crippen molar-refractivity contribution in [3.63, 3.8) is 0 Å². The number of hydrogen-bond donors (Lipinski definition) is 3. The molecule has 0 aromatic carbocycles. The number of carbonyl (C=O) groups is 1. The molecule has 0 spiro atoms. The molecule has 0 fully saturated rings. The molecule has 12 heavy (non-hydrogen) atoms. The van der Waals surface area contributed by atoms with Crippen LogP contribution in [-0.2, 0) is 4.79 Å². The van der Waals surface area contributed by atoms with Crippen LogP contribution in [-0.4, -0.2) is 35.4 Å². The monoisotopic (exact) mass is 175 g/mol. The van der Waals surface area contributed by atoms with Gasteiger partial charge in [0.15, 0.2) is 0 Å². The van der Waals surface area contributed by atoms with E-state index in [2.05, 4.69) is 5.32 Å². The Balaban J connectivity index is 3.71. The third-order valence-corrected chi connectivity index (χ3v) is 1.49. The predicted octanol–water partition coefficient (Wildman–Crippen LogP) is 0.0676. The lowest BCUT2D eigenvalue weighted by atomic mass is 10.1. The topological polar surface area (TPSA) is 69.6 Å². The van der Waals surface area contributed by atoms with Crippen LogP contribution in [0.1, 0.15) is 20.3 Å². The van der Waals surface area contributed by atoms with Crippen LogP contribution >= 0.6 is 0 Å². The van der Waals surface area contributed by atoms with Gasteiger partial charge in [0.2, 0.25) is 0 Å². The molecular weight excluding hydrogens is 158 g/mol. The normalized spacial score (nSPS) is 13.3. The SMILES string of the molecule is CC(C)CN[C@H](CCO)C(=O)O. The van der Waals surface area contributed by atoms with Gasteiger partial charge < -0.3 is 15.5 Å². The maximum Gasteiger partial charge on any atom is 0.320 e. The van der Waals surface area contributed by atoms with Gasteiger partial charge in [-0.1, -0.05) is 13.8 Å². The fourth-order valence-electron chi connectivity index (χ4n) is 0.820. The molecule has 0 aromatic heterocycles. The zero-order valence-corrected chi connectivity index (χ0v) is 7.58. The van der Waals surface area contributed by atoms with Crippen molar-refractivity contribution < 1.29 is 15.0 Å². The van der Waals surface area contributed by atoms with Crippen LogP contribution in [0.25, 0.3) is 0 Å². The summed E-state index contributed by atoms with van der Waals surface area (Å²) in [6.45, 7) is 4.58. The van der Waals surface area contributed by atoms with Gasteiger partial charge in [-0.3, -0.25) is 4.79 Å². The molecule has 0 aromatic rings. The lowest BCUT2D eigenvalue weighted by Crippen LogP contribution is -2.39. The minimum atomic E-state index is -0.898. The summed E-state index contributed by atoms with van der Waals surface area (Å²) in [6.07, 6.45) is 0.266. The Kier molecular flexibility index (Phi) is 5.66. The van der Waals surface area contributed by atoms with E-state index in [4.69, 9.17) is 10.2 Å². The van der Waals surface area contributed by atoms with E-state index in [-0.39, 0.29) is 13.0 Å². The molecule has 0 saturated heterocycles. The van der Waals surface area contributed by atoms with Crippen molar-refractivity contribution in [3.8, 4) is 0 Å². The van der Waals surface area contributed by atoms with Gasteiger partial charge >= 0.3 is 5.97 Å². The maximum absolute atomic E-state index is 10.5. The summed E-state index contributed by atoms with van der Waals surface area (Å²) in [5.74, 6) is -0.477. The lowest BCUT2D eigenvalue weighted by Gasteiger charge is -2.14. The molecule has 1 atom stereocenters. The first-order valence-corrected chi connectivity index (χ1v) is 4.15. The Morgan fingerprint density at radius 1 is 1.50 bits per heavy atom. The van der Waals surface area contributed by atoms with Crippen molar-refractivity contribution in [1.82, 2.24) is 5.32 Å². The maximum atomic E-state index is 10.5. The second-order valence-corrected chi connectivity index (χ2v) is 3.21. The summed E-state index contributed by atoms with van der Waals surface area (Å²) >= 11 is 0. The third-order valence-electron chi connectivity index (χ3n) is 1.49. The first kappa shape index (κ1) is 11.4. The van der Waals surface area contributed by atoms with E-state index in [1.54, 1.807) is 0 Å². The van der Waals surface area contributed by atoms with Gasteiger partial charge in [-0.15, -0.1) is 0 Å². The zero-order chi connectivity index (χ0) is 9.56. The molecule has 0 amide bonds. The van der Waals surface area contributed by atoms with Crippen LogP contribution in [0.5, 0.6) is 0 Å². The zero-order valence-electron chi connectivity index (χ0n) is 7.58. The standard InChI is InChI=1S/C8H17NO3/c1-6(2)5-9-7(3-4-10)8(11)12/h6-7,9-10H,3-5H2,1-2H3,(H,11,12)/t7-/m1/s1. The first-order valence-electron chi connectivity index (χ1n) is 4.15.